The van der Waals surface area contributed by atoms with Crippen LogP contribution >= 0.6 is 0 Å². The Morgan fingerprint density at radius 1 is 1.26 bits per heavy atom. The van der Waals surface area contributed by atoms with Crippen LogP contribution in [0.15, 0.2) is 0 Å². The van der Waals surface area contributed by atoms with E-state index < -0.39 is 0 Å². The van der Waals surface area contributed by atoms with Gasteiger partial charge in [0.15, 0.2) is 0 Å². The summed E-state index contributed by atoms with van der Waals surface area (Å²) in [6, 6.07) is 0.228. The van der Waals surface area contributed by atoms with Crippen LogP contribution in [0.1, 0.15) is 44.9 Å². The van der Waals surface area contributed by atoms with Gasteiger partial charge in [-0.05, 0) is 31.1 Å². The lowest BCUT2D eigenvalue weighted by atomic mass is 9.63. The number of likely N-dealkylation sites (tertiary alicyclic amines) is 1. The number of nitrogens with one attached hydrogen (secondary N) is 2. The SMILES string of the molecule is CN1CC(NC(=O)NC2CCC23CCCC3)CC1=O. The van der Waals surface area contributed by atoms with Gasteiger partial charge in [-0.2, -0.15) is 0 Å². The van der Waals surface area contributed by atoms with Crippen molar-refractivity contribution in [3.8, 4) is 0 Å². The third-order valence-corrected chi connectivity index (χ3v) is 5.25. The molecule has 3 fully saturated rings. The lowest BCUT2D eigenvalue weighted by Crippen LogP contribution is -2.57. The van der Waals surface area contributed by atoms with E-state index in [0.717, 1.165) is 6.42 Å². The van der Waals surface area contributed by atoms with Gasteiger partial charge in [0.1, 0.15) is 0 Å². The van der Waals surface area contributed by atoms with Crippen molar-refractivity contribution in [3.05, 3.63) is 0 Å². The minimum atomic E-state index is -0.0934. The van der Waals surface area contributed by atoms with Crippen LogP contribution < -0.4 is 10.6 Å². The zero-order valence-electron chi connectivity index (χ0n) is 11.6. The number of carbonyl (C=O) groups is 2. The zero-order valence-corrected chi connectivity index (χ0v) is 11.6. The minimum absolute atomic E-state index is 0.0305. The van der Waals surface area contributed by atoms with Crippen LogP contribution in [-0.2, 0) is 4.79 Å². The van der Waals surface area contributed by atoms with Gasteiger partial charge in [-0.25, -0.2) is 4.79 Å². The summed E-state index contributed by atoms with van der Waals surface area (Å²) in [5.41, 5.74) is 0.402. The molecule has 106 valence electrons. The van der Waals surface area contributed by atoms with Gasteiger partial charge >= 0.3 is 6.03 Å². The van der Waals surface area contributed by atoms with E-state index in [4.69, 9.17) is 0 Å². The number of hydrogen-bond donors (Lipinski definition) is 2. The van der Waals surface area contributed by atoms with Gasteiger partial charge in [0, 0.05) is 26.1 Å². The molecule has 1 aliphatic heterocycles. The van der Waals surface area contributed by atoms with Gasteiger partial charge in [-0.3, -0.25) is 4.79 Å². The molecule has 3 rings (SSSR count). The van der Waals surface area contributed by atoms with Crippen LogP contribution in [0.25, 0.3) is 0 Å². The van der Waals surface area contributed by atoms with Gasteiger partial charge < -0.3 is 15.5 Å². The first-order valence-corrected chi connectivity index (χ1v) is 7.40. The Labute approximate surface area is 114 Å². The van der Waals surface area contributed by atoms with E-state index >= 15 is 0 Å². The van der Waals surface area contributed by atoms with E-state index in [0.29, 0.717) is 24.4 Å². The molecule has 5 nitrogen and oxygen atoms in total. The lowest BCUT2D eigenvalue weighted by Gasteiger charge is -2.47. The molecular formula is C14H23N3O2. The van der Waals surface area contributed by atoms with Crippen molar-refractivity contribution in [2.45, 2.75) is 57.0 Å². The van der Waals surface area contributed by atoms with Crippen LogP contribution in [0.3, 0.4) is 0 Å². The third-order valence-electron chi connectivity index (χ3n) is 5.25. The summed E-state index contributed by atoms with van der Waals surface area (Å²) >= 11 is 0. The average Bonchev–Trinajstić information content (AvgIpc) is 2.95. The minimum Gasteiger partial charge on any atom is -0.344 e. The summed E-state index contributed by atoms with van der Waals surface area (Å²) in [6.45, 7) is 0.627. The summed E-state index contributed by atoms with van der Waals surface area (Å²) in [6.07, 6.45) is 7.95. The van der Waals surface area contributed by atoms with Crippen LogP contribution in [0.2, 0.25) is 0 Å². The first-order valence-electron chi connectivity index (χ1n) is 7.40. The maximum atomic E-state index is 12.0. The summed E-state index contributed by atoms with van der Waals surface area (Å²) < 4.78 is 0. The molecule has 2 unspecified atom stereocenters. The van der Waals surface area contributed by atoms with Gasteiger partial charge in [0.25, 0.3) is 0 Å². The highest BCUT2D eigenvalue weighted by atomic mass is 16.2. The number of hydrogen-bond acceptors (Lipinski definition) is 2. The highest BCUT2D eigenvalue weighted by Crippen LogP contribution is 2.53. The monoisotopic (exact) mass is 265 g/mol. The van der Waals surface area contributed by atoms with Crippen molar-refractivity contribution in [2.75, 3.05) is 13.6 Å². The number of urea groups is 1. The molecule has 1 saturated heterocycles. The molecular weight excluding hydrogens is 242 g/mol. The summed E-state index contributed by atoms with van der Waals surface area (Å²) in [4.78, 5) is 25.1. The highest BCUT2D eigenvalue weighted by molar-refractivity contribution is 5.81. The fourth-order valence-corrected chi connectivity index (χ4v) is 3.95. The Morgan fingerprint density at radius 2 is 2.00 bits per heavy atom. The third kappa shape index (κ3) is 2.30. The van der Waals surface area contributed by atoms with E-state index in [1.165, 1.54) is 32.1 Å². The van der Waals surface area contributed by atoms with Crippen molar-refractivity contribution in [1.29, 1.82) is 0 Å². The van der Waals surface area contributed by atoms with Crippen molar-refractivity contribution in [2.24, 2.45) is 5.41 Å². The Kier molecular flexibility index (Phi) is 3.15. The number of nitrogens with zero attached hydrogens (tertiary/aromatic N) is 1. The quantitative estimate of drug-likeness (QED) is 0.789. The molecule has 3 amide bonds. The molecule has 0 bridgehead atoms. The highest BCUT2D eigenvalue weighted by Gasteiger charge is 2.48. The fraction of sp³-hybridized carbons (Fsp3) is 0.857. The average molecular weight is 265 g/mol. The molecule has 2 N–H and O–H groups in total. The summed E-state index contributed by atoms with van der Waals surface area (Å²) in [5.74, 6) is 0.112. The molecule has 0 aromatic heterocycles. The maximum Gasteiger partial charge on any atom is 0.315 e. The van der Waals surface area contributed by atoms with E-state index in [1.807, 2.05) is 0 Å². The van der Waals surface area contributed by atoms with E-state index in [-0.39, 0.29) is 18.0 Å². The second-order valence-electron chi connectivity index (χ2n) is 6.45. The Balaban J connectivity index is 1.48. The molecule has 2 aliphatic carbocycles. The number of carbonyl (C=O) groups excluding carboxylic acids is 2. The van der Waals surface area contributed by atoms with Gasteiger partial charge in [0.2, 0.25) is 5.91 Å². The Bertz CT molecular complexity index is 390. The lowest BCUT2D eigenvalue weighted by molar-refractivity contribution is -0.126. The zero-order chi connectivity index (χ0) is 13.5. The molecule has 5 heteroatoms. The summed E-state index contributed by atoms with van der Waals surface area (Å²) in [7, 11) is 1.78. The number of amides is 3. The molecule has 19 heavy (non-hydrogen) atoms. The van der Waals surface area contributed by atoms with Crippen LogP contribution in [-0.4, -0.2) is 42.5 Å². The smallest absolute Gasteiger partial charge is 0.315 e. The normalized spacial score (nSPS) is 32.5. The van der Waals surface area contributed by atoms with Crippen molar-refractivity contribution >= 4 is 11.9 Å². The first-order chi connectivity index (χ1) is 9.09. The maximum absolute atomic E-state index is 12.0. The predicted octanol–water partition coefficient (Wildman–Crippen LogP) is 1.24. The van der Waals surface area contributed by atoms with Crippen LogP contribution in [0.4, 0.5) is 4.79 Å². The van der Waals surface area contributed by atoms with Gasteiger partial charge in [-0.15, -0.1) is 0 Å². The predicted molar refractivity (Wildman–Crippen MR) is 71.6 cm³/mol. The standard InChI is InChI=1S/C14H23N3O2/c1-17-9-10(8-12(17)18)15-13(19)16-11-4-7-14(11)5-2-3-6-14/h10-11H,2-9H2,1H3,(H2,15,16,19). The second-order valence-corrected chi connectivity index (χ2v) is 6.45. The summed E-state index contributed by atoms with van der Waals surface area (Å²) in [5, 5.41) is 6.06. The van der Waals surface area contributed by atoms with E-state index in [9.17, 15) is 9.59 Å². The molecule has 0 aromatic rings. The number of rotatable bonds is 2. The Morgan fingerprint density at radius 3 is 2.53 bits per heavy atom. The molecule has 3 aliphatic rings. The molecule has 0 radical (unpaired) electrons. The molecule has 1 spiro atoms. The van der Waals surface area contributed by atoms with Crippen LogP contribution in [0, 0.1) is 5.41 Å². The van der Waals surface area contributed by atoms with E-state index in [1.54, 1.807) is 11.9 Å². The molecule has 0 aromatic carbocycles. The van der Waals surface area contributed by atoms with Crippen molar-refractivity contribution in [3.63, 3.8) is 0 Å². The fourth-order valence-electron chi connectivity index (χ4n) is 3.95. The molecule has 2 atom stereocenters. The van der Waals surface area contributed by atoms with Crippen molar-refractivity contribution in [1.82, 2.24) is 15.5 Å². The van der Waals surface area contributed by atoms with Crippen molar-refractivity contribution < 1.29 is 9.59 Å². The molecule has 2 saturated carbocycles. The van der Waals surface area contributed by atoms with Crippen LogP contribution in [0.5, 0.6) is 0 Å². The van der Waals surface area contributed by atoms with E-state index in [2.05, 4.69) is 10.6 Å². The molecule has 1 heterocycles. The topological polar surface area (TPSA) is 61.4 Å². The second kappa shape index (κ2) is 4.69. The Hall–Kier alpha value is -1.26. The van der Waals surface area contributed by atoms with Gasteiger partial charge in [-0.1, -0.05) is 12.8 Å². The van der Waals surface area contributed by atoms with Gasteiger partial charge in [0.05, 0.1) is 6.04 Å². The largest absolute Gasteiger partial charge is 0.344 e. The first kappa shape index (κ1) is 12.8. The number of likely N-dealkylation sites (N-methyl/N-ethyl adjacent to an activating group) is 1.